The van der Waals surface area contributed by atoms with Crippen molar-refractivity contribution in [3.8, 4) is 0 Å². The third-order valence-electron chi connectivity index (χ3n) is 5.99. The van der Waals surface area contributed by atoms with Crippen molar-refractivity contribution in [3.63, 3.8) is 0 Å². The molecule has 2 nitrogen and oxygen atoms in total. The molecule has 2 aromatic carbocycles. The maximum Gasteiger partial charge on any atom is 0.0519 e. The van der Waals surface area contributed by atoms with E-state index in [1.54, 1.807) is 0 Å². The molecule has 0 aromatic heterocycles. The predicted molar refractivity (Wildman–Crippen MR) is 128 cm³/mol. The fourth-order valence-electron chi connectivity index (χ4n) is 4.32. The van der Waals surface area contributed by atoms with Gasteiger partial charge in [0.15, 0.2) is 0 Å². The van der Waals surface area contributed by atoms with Crippen LogP contribution in [0.15, 0.2) is 77.3 Å². The molecule has 2 aromatic rings. The molecule has 28 heavy (non-hydrogen) atoms. The molecule has 1 aliphatic carbocycles. The number of halogens is 1. The van der Waals surface area contributed by atoms with Crippen LogP contribution in [-0.4, -0.2) is 29.9 Å². The molecule has 2 aliphatic heterocycles. The van der Waals surface area contributed by atoms with Crippen LogP contribution in [0.1, 0.15) is 25.7 Å². The largest absolute Gasteiger partial charge is 0.303 e. The number of hydrogen-bond donors (Lipinski definition) is 0. The first-order chi connectivity index (χ1) is 13.4. The third kappa shape index (κ3) is 4.29. The Kier molecular flexibility index (Phi) is 6.39. The minimum absolute atomic E-state index is 0. The average Bonchev–Trinajstić information content (AvgIpc) is 3.44. The van der Waals surface area contributed by atoms with Crippen LogP contribution in [0.25, 0.3) is 0 Å². The number of hydrogen-bond acceptors (Lipinski definition) is 2. The molecule has 2 fully saturated rings. The van der Waals surface area contributed by atoms with Crippen molar-refractivity contribution in [2.45, 2.75) is 30.6 Å². The summed E-state index contributed by atoms with van der Waals surface area (Å²) in [7, 11) is -0.0169. The summed E-state index contributed by atoms with van der Waals surface area (Å²) < 4.78 is 2.61. The molecule has 1 saturated heterocycles. The summed E-state index contributed by atoms with van der Waals surface area (Å²) in [6.07, 6.45) is 7.93. The molecule has 1 unspecified atom stereocenters. The average molecular weight is 457 g/mol. The lowest BCUT2D eigenvalue weighted by Gasteiger charge is -2.37. The number of likely N-dealkylation sites (tertiary alicyclic amines) is 1. The summed E-state index contributed by atoms with van der Waals surface area (Å²) >= 11 is 0. The van der Waals surface area contributed by atoms with Crippen molar-refractivity contribution in [2.75, 3.05) is 23.9 Å². The smallest absolute Gasteiger partial charge is 0.0519 e. The normalized spacial score (nSPS) is 23.1. The quantitative estimate of drug-likeness (QED) is 0.498. The summed E-state index contributed by atoms with van der Waals surface area (Å²) in [5, 5.41) is 2.42. The first-order valence-electron chi connectivity index (χ1n) is 10.3. The summed E-state index contributed by atoms with van der Waals surface area (Å²) in [5.74, 6) is 1.68. The van der Waals surface area contributed by atoms with E-state index in [4.69, 9.17) is 0 Å². The van der Waals surface area contributed by atoms with Crippen molar-refractivity contribution < 1.29 is 0 Å². The number of anilines is 1. The van der Waals surface area contributed by atoms with Gasteiger partial charge in [0.25, 0.3) is 0 Å². The zero-order valence-electron chi connectivity index (χ0n) is 16.2. The fourth-order valence-corrected chi connectivity index (χ4v) is 6.30. The predicted octanol–water partition coefficient (Wildman–Crippen LogP) is 6.14. The van der Waals surface area contributed by atoms with Crippen LogP contribution in [-0.2, 0) is 0 Å². The number of nitrogens with zero attached hydrogens (tertiary/aromatic N) is 2. The topological polar surface area (TPSA) is 6.48 Å². The van der Waals surface area contributed by atoms with Crippen molar-refractivity contribution in [1.29, 1.82) is 0 Å². The highest BCUT2D eigenvalue weighted by atomic mass is 79.9. The van der Waals surface area contributed by atoms with Crippen molar-refractivity contribution in [1.82, 2.24) is 4.90 Å². The molecule has 0 radical (unpaired) electrons. The van der Waals surface area contributed by atoms with E-state index in [2.05, 4.69) is 81.3 Å². The van der Waals surface area contributed by atoms with Crippen LogP contribution >= 0.6 is 27.7 Å². The number of rotatable bonds is 5. The first-order valence-corrected chi connectivity index (χ1v) is 11.5. The Hall–Kier alpha value is -1.36. The molecular weight excluding hydrogens is 428 g/mol. The van der Waals surface area contributed by atoms with Crippen LogP contribution in [0.2, 0.25) is 0 Å². The van der Waals surface area contributed by atoms with E-state index in [0.717, 1.165) is 5.92 Å². The molecule has 1 atom stereocenters. The molecule has 1 saturated carbocycles. The second-order valence-corrected chi connectivity index (χ2v) is 9.74. The highest BCUT2D eigenvalue weighted by molar-refractivity contribution is 8.93. The zero-order chi connectivity index (χ0) is 18.1. The Morgan fingerprint density at radius 1 is 0.821 bits per heavy atom. The van der Waals surface area contributed by atoms with Crippen molar-refractivity contribution in [2.24, 2.45) is 11.8 Å². The summed E-state index contributed by atoms with van der Waals surface area (Å²) in [6.45, 7) is 3.87. The number of allylic oxidation sites excluding steroid dienone is 2. The van der Waals surface area contributed by atoms with Gasteiger partial charge in [-0.25, -0.2) is 0 Å². The fraction of sp³-hybridized carbons (Fsp3) is 0.375. The van der Waals surface area contributed by atoms with E-state index in [9.17, 15) is 0 Å². The molecule has 2 heterocycles. The zero-order valence-corrected chi connectivity index (χ0v) is 18.8. The van der Waals surface area contributed by atoms with Gasteiger partial charge >= 0.3 is 0 Å². The number of benzene rings is 2. The number of piperidine rings is 1. The highest BCUT2D eigenvalue weighted by Gasteiger charge is 2.32. The van der Waals surface area contributed by atoms with Gasteiger partial charge in [-0.05, 0) is 80.4 Å². The Balaban J connectivity index is 0.00000192. The lowest BCUT2D eigenvalue weighted by atomic mass is 9.92. The van der Waals surface area contributed by atoms with Gasteiger partial charge < -0.3 is 4.90 Å². The summed E-state index contributed by atoms with van der Waals surface area (Å²) in [4.78, 5) is 4.11. The standard InChI is InChI=1S/C24H28N2S.BrH/c1-3-7-22(8-4-1)26-24(15-18-27(26)23-9-5-2-6-10-23)21-13-16-25(17-14-21)19-20-11-12-20;/h1-10,15,18,20-21H,11-14,16-17,19H2;1H. The van der Waals surface area contributed by atoms with E-state index in [-0.39, 0.29) is 27.7 Å². The minimum atomic E-state index is -0.0169. The van der Waals surface area contributed by atoms with Gasteiger partial charge in [-0.15, -0.1) is 17.0 Å². The monoisotopic (exact) mass is 456 g/mol. The molecule has 148 valence electrons. The second kappa shape index (κ2) is 8.98. The van der Waals surface area contributed by atoms with Crippen molar-refractivity contribution in [3.05, 3.63) is 72.4 Å². The van der Waals surface area contributed by atoms with E-state index < -0.39 is 0 Å². The summed E-state index contributed by atoms with van der Waals surface area (Å²) in [6, 6.07) is 21.9. The van der Waals surface area contributed by atoms with Crippen LogP contribution in [0.4, 0.5) is 5.69 Å². The molecule has 4 heteroatoms. The second-order valence-electron chi connectivity index (χ2n) is 8.00. The molecular formula is C24H29BrN2S. The number of para-hydroxylation sites is 1. The molecule has 0 bridgehead atoms. The van der Waals surface area contributed by atoms with Gasteiger partial charge in [0.05, 0.1) is 5.69 Å². The maximum absolute atomic E-state index is 2.71. The van der Waals surface area contributed by atoms with Crippen LogP contribution in [0, 0.1) is 11.8 Å². The molecule has 0 amide bonds. The Morgan fingerprint density at radius 3 is 2.11 bits per heavy atom. The molecule has 5 rings (SSSR count). The van der Waals surface area contributed by atoms with Gasteiger partial charge in [0.2, 0.25) is 0 Å². The molecule has 0 N–H and O–H groups in total. The van der Waals surface area contributed by atoms with Gasteiger partial charge in [0, 0.05) is 23.1 Å². The van der Waals surface area contributed by atoms with Gasteiger partial charge in [-0.2, -0.15) is 0 Å². The van der Waals surface area contributed by atoms with E-state index in [1.165, 1.54) is 61.6 Å². The molecule has 3 aliphatic rings. The third-order valence-corrected chi connectivity index (χ3v) is 7.96. The maximum atomic E-state index is 2.71. The SMILES string of the molecule is Br.C1=C(C2CCN(CC3CC3)CC2)N(c2ccccc2)S(c2ccccc2)=C1. The van der Waals surface area contributed by atoms with E-state index in [0.29, 0.717) is 5.92 Å². The van der Waals surface area contributed by atoms with Gasteiger partial charge in [-0.1, -0.05) is 47.1 Å². The lowest BCUT2D eigenvalue weighted by Crippen LogP contribution is -2.37. The Labute approximate surface area is 182 Å². The van der Waals surface area contributed by atoms with E-state index in [1.807, 2.05) is 0 Å². The first kappa shape index (κ1) is 19.9. The van der Waals surface area contributed by atoms with Crippen molar-refractivity contribution >= 4 is 38.7 Å². The Bertz CT molecular complexity index is 837. The minimum Gasteiger partial charge on any atom is -0.303 e. The summed E-state index contributed by atoms with van der Waals surface area (Å²) in [5.41, 5.74) is 2.85. The van der Waals surface area contributed by atoms with Crippen LogP contribution < -0.4 is 4.31 Å². The Morgan fingerprint density at radius 2 is 1.46 bits per heavy atom. The van der Waals surface area contributed by atoms with Crippen LogP contribution in [0.3, 0.4) is 0 Å². The molecule has 0 spiro atoms. The van der Waals surface area contributed by atoms with Gasteiger partial charge in [0.1, 0.15) is 0 Å². The van der Waals surface area contributed by atoms with E-state index >= 15 is 0 Å². The lowest BCUT2D eigenvalue weighted by molar-refractivity contribution is 0.191. The van der Waals surface area contributed by atoms with Gasteiger partial charge in [-0.3, -0.25) is 4.31 Å². The van der Waals surface area contributed by atoms with Crippen LogP contribution in [0.5, 0.6) is 0 Å². The highest BCUT2D eigenvalue weighted by Crippen LogP contribution is 2.45.